The van der Waals surface area contributed by atoms with Gasteiger partial charge in [-0.3, -0.25) is 30.6 Å². The first-order valence-electron chi connectivity index (χ1n) is 6.95. The maximum absolute atomic E-state index is 11.9. The van der Waals surface area contributed by atoms with E-state index in [0.29, 0.717) is 5.56 Å². The van der Waals surface area contributed by atoms with Crippen LogP contribution in [-0.2, 0) is 6.42 Å². The van der Waals surface area contributed by atoms with E-state index in [1.54, 1.807) is 12.1 Å². The maximum atomic E-state index is 11.9. The molecule has 0 unspecified atom stereocenters. The van der Waals surface area contributed by atoms with Gasteiger partial charge >= 0.3 is 0 Å². The van der Waals surface area contributed by atoms with Crippen LogP contribution in [0.15, 0.2) is 48.5 Å². The van der Waals surface area contributed by atoms with Crippen molar-refractivity contribution in [1.29, 1.82) is 0 Å². The fourth-order valence-corrected chi connectivity index (χ4v) is 1.88. The molecule has 2 aromatic rings. The zero-order chi connectivity index (χ0) is 16.8. The molecule has 0 saturated carbocycles. The van der Waals surface area contributed by atoms with Crippen molar-refractivity contribution in [3.8, 4) is 0 Å². The Kier molecular flexibility index (Phi) is 5.03. The normalized spacial score (nSPS) is 9.96. The number of hydrazine groups is 1. The molecule has 0 spiro atoms. The number of aryl methyl sites for hydroxylation is 1. The van der Waals surface area contributed by atoms with Crippen LogP contribution in [0.1, 0.15) is 33.2 Å². The average Bonchev–Trinajstić information content (AvgIpc) is 2.59. The predicted octanol–water partition coefficient (Wildman–Crippen LogP) is 2.23. The van der Waals surface area contributed by atoms with Gasteiger partial charge in [-0.05, 0) is 36.2 Å². The standard InChI is InChI=1S/C16H15N3O4/c1-2-11-3-5-12(6-4-11)15(20)17-18-16(21)13-7-9-14(10-8-13)19(22)23/h3-10H,2H2,1H3,(H,17,20)(H,18,21). The van der Waals surface area contributed by atoms with Gasteiger partial charge in [0.25, 0.3) is 17.5 Å². The minimum absolute atomic E-state index is 0.110. The zero-order valence-corrected chi connectivity index (χ0v) is 12.4. The van der Waals surface area contributed by atoms with Crippen LogP contribution in [0.2, 0.25) is 0 Å². The van der Waals surface area contributed by atoms with E-state index in [0.717, 1.165) is 12.0 Å². The summed E-state index contributed by atoms with van der Waals surface area (Å²) in [5.41, 5.74) is 6.19. The van der Waals surface area contributed by atoms with Gasteiger partial charge in [0, 0.05) is 23.3 Å². The summed E-state index contributed by atoms with van der Waals surface area (Å²) in [5.74, 6) is -0.999. The van der Waals surface area contributed by atoms with Crippen molar-refractivity contribution in [1.82, 2.24) is 10.9 Å². The molecule has 0 aliphatic carbocycles. The average molecular weight is 313 g/mol. The number of carbonyl (C=O) groups excluding carboxylic acids is 2. The lowest BCUT2D eigenvalue weighted by Gasteiger charge is -2.07. The molecule has 0 bridgehead atoms. The summed E-state index contributed by atoms with van der Waals surface area (Å²) in [4.78, 5) is 33.8. The fraction of sp³-hybridized carbons (Fsp3) is 0.125. The van der Waals surface area contributed by atoms with Gasteiger partial charge in [-0.15, -0.1) is 0 Å². The van der Waals surface area contributed by atoms with Crippen LogP contribution in [0, 0.1) is 10.1 Å². The van der Waals surface area contributed by atoms with E-state index < -0.39 is 16.7 Å². The van der Waals surface area contributed by atoms with Gasteiger partial charge in [0.2, 0.25) is 0 Å². The molecule has 118 valence electrons. The molecular formula is C16H15N3O4. The first-order chi connectivity index (χ1) is 11.0. The third-order valence-corrected chi connectivity index (χ3v) is 3.25. The summed E-state index contributed by atoms with van der Waals surface area (Å²) in [6.07, 6.45) is 0.874. The van der Waals surface area contributed by atoms with Crippen molar-refractivity contribution in [3.63, 3.8) is 0 Å². The topological polar surface area (TPSA) is 101 Å². The summed E-state index contributed by atoms with van der Waals surface area (Å²) < 4.78 is 0. The van der Waals surface area contributed by atoms with Gasteiger partial charge in [0.05, 0.1) is 4.92 Å². The first-order valence-corrected chi connectivity index (χ1v) is 6.95. The van der Waals surface area contributed by atoms with Crippen LogP contribution in [0.3, 0.4) is 0 Å². The van der Waals surface area contributed by atoms with Crippen LogP contribution in [0.4, 0.5) is 5.69 Å². The molecule has 0 atom stereocenters. The van der Waals surface area contributed by atoms with Crippen LogP contribution < -0.4 is 10.9 Å². The van der Waals surface area contributed by atoms with Gasteiger partial charge in [-0.1, -0.05) is 19.1 Å². The van der Waals surface area contributed by atoms with Crippen LogP contribution in [0.5, 0.6) is 0 Å². The number of non-ortho nitro benzene ring substituents is 1. The maximum Gasteiger partial charge on any atom is 0.269 e. The molecule has 2 rings (SSSR count). The monoisotopic (exact) mass is 313 g/mol. The molecule has 0 heterocycles. The minimum Gasteiger partial charge on any atom is -0.267 e. The van der Waals surface area contributed by atoms with Crippen molar-refractivity contribution in [2.45, 2.75) is 13.3 Å². The van der Waals surface area contributed by atoms with Crippen molar-refractivity contribution < 1.29 is 14.5 Å². The smallest absolute Gasteiger partial charge is 0.267 e. The Balaban J connectivity index is 1.94. The number of nitrogens with one attached hydrogen (secondary N) is 2. The Morgan fingerprint density at radius 1 is 0.913 bits per heavy atom. The summed E-state index contributed by atoms with van der Waals surface area (Å²) >= 11 is 0. The number of hydrogen-bond acceptors (Lipinski definition) is 4. The molecular weight excluding hydrogens is 298 g/mol. The van der Waals surface area contributed by atoms with E-state index in [-0.39, 0.29) is 11.3 Å². The molecule has 0 aliphatic heterocycles. The molecule has 0 saturated heterocycles. The Hall–Kier alpha value is -3.22. The predicted molar refractivity (Wildman–Crippen MR) is 83.8 cm³/mol. The summed E-state index contributed by atoms with van der Waals surface area (Å²) in [7, 11) is 0. The second-order valence-electron chi connectivity index (χ2n) is 4.76. The number of rotatable bonds is 4. The molecule has 2 amide bonds. The van der Waals surface area contributed by atoms with Crippen LogP contribution in [0.25, 0.3) is 0 Å². The number of benzene rings is 2. The highest BCUT2D eigenvalue weighted by Crippen LogP contribution is 2.11. The number of amides is 2. The SMILES string of the molecule is CCc1ccc(C(=O)NNC(=O)c2ccc([N+](=O)[O-])cc2)cc1. The third kappa shape index (κ3) is 4.13. The van der Waals surface area contributed by atoms with Gasteiger partial charge in [-0.25, -0.2) is 0 Å². The van der Waals surface area contributed by atoms with Crippen molar-refractivity contribution in [3.05, 3.63) is 75.3 Å². The summed E-state index contributed by atoms with van der Waals surface area (Å²) in [5, 5.41) is 10.5. The zero-order valence-electron chi connectivity index (χ0n) is 12.4. The summed E-state index contributed by atoms with van der Waals surface area (Å²) in [6.45, 7) is 2.01. The molecule has 0 radical (unpaired) electrons. The first kappa shape index (κ1) is 16.2. The number of nitro benzene ring substituents is 1. The van der Waals surface area contributed by atoms with Gasteiger partial charge in [0.1, 0.15) is 0 Å². The number of nitro groups is 1. The second-order valence-corrected chi connectivity index (χ2v) is 4.76. The molecule has 23 heavy (non-hydrogen) atoms. The van der Waals surface area contributed by atoms with E-state index >= 15 is 0 Å². The van der Waals surface area contributed by atoms with E-state index in [9.17, 15) is 19.7 Å². The van der Waals surface area contributed by atoms with E-state index in [4.69, 9.17) is 0 Å². The van der Waals surface area contributed by atoms with Gasteiger partial charge in [0.15, 0.2) is 0 Å². The largest absolute Gasteiger partial charge is 0.269 e. The molecule has 0 fully saturated rings. The second kappa shape index (κ2) is 7.17. The Bertz CT molecular complexity index is 724. The number of nitrogens with zero attached hydrogens (tertiary/aromatic N) is 1. The highest BCUT2D eigenvalue weighted by atomic mass is 16.6. The number of carbonyl (C=O) groups is 2. The highest BCUT2D eigenvalue weighted by Gasteiger charge is 2.11. The fourth-order valence-electron chi connectivity index (χ4n) is 1.88. The quantitative estimate of drug-likeness (QED) is 0.667. The van der Waals surface area contributed by atoms with E-state index in [1.165, 1.54) is 24.3 Å². The lowest BCUT2D eigenvalue weighted by atomic mass is 10.1. The number of hydrogen-bond donors (Lipinski definition) is 2. The van der Waals surface area contributed by atoms with Gasteiger partial charge in [-0.2, -0.15) is 0 Å². The van der Waals surface area contributed by atoms with Crippen molar-refractivity contribution >= 4 is 17.5 Å². The molecule has 7 nitrogen and oxygen atoms in total. The molecule has 2 aromatic carbocycles. The molecule has 7 heteroatoms. The molecule has 0 aromatic heterocycles. The Labute approximate surface area is 132 Å². The lowest BCUT2D eigenvalue weighted by Crippen LogP contribution is -2.41. The van der Waals surface area contributed by atoms with Gasteiger partial charge < -0.3 is 0 Å². The van der Waals surface area contributed by atoms with Crippen molar-refractivity contribution in [2.75, 3.05) is 0 Å². The molecule has 2 N–H and O–H groups in total. The van der Waals surface area contributed by atoms with Crippen LogP contribution >= 0.6 is 0 Å². The molecule has 0 aliphatic rings. The highest BCUT2D eigenvalue weighted by molar-refractivity contribution is 5.99. The van der Waals surface area contributed by atoms with Crippen LogP contribution in [-0.4, -0.2) is 16.7 Å². The van der Waals surface area contributed by atoms with E-state index in [2.05, 4.69) is 10.9 Å². The minimum atomic E-state index is -0.557. The van der Waals surface area contributed by atoms with E-state index in [1.807, 2.05) is 19.1 Å². The van der Waals surface area contributed by atoms with Crippen molar-refractivity contribution in [2.24, 2.45) is 0 Å². The lowest BCUT2D eigenvalue weighted by molar-refractivity contribution is -0.384. The third-order valence-electron chi connectivity index (χ3n) is 3.25. The summed E-state index contributed by atoms with van der Waals surface area (Å²) in [6, 6.07) is 12.1. The Morgan fingerprint density at radius 3 is 1.74 bits per heavy atom. The Morgan fingerprint density at radius 2 is 1.35 bits per heavy atom.